The second-order valence-electron chi connectivity index (χ2n) is 4.26. The SMILES string of the molecule is CCOc1ccc(NC(=O)c2ccc(OC)c(Br)c2)cc1. The van der Waals surface area contributed by atoms with Crippen LogP contribution in [0.2, 0.25) is 0 Å². The molecule has 0 unspecified atom stereocenters. The topological polar surface area (TPSA) is 47.6 Å². The number of carbonyl (C=O) groups is 1. The summed E-state index contributed by atoms with van der Waals surface area (Å²) < 4.78 is 11.2. The molecule has 1 N–H and O–H groups in total. The van der Waals surface area contributed by atoms with Crippen molar-refractivity contribution in [3.8, 4) is 11.5 Å². The van der Waals surface area contributed by atoms with E-state index in [1.807, 2.05) is 31.2 Å². The van der Waals surface area contributed by atoms with Gasteiger partial charge in [-0.3, -0.25) is 4.79 Å². The lowest BCUT2D eigenvalue weighted by atomic mass is 10.2. The lowest BCUT2D eigenvalue weighted by Gasteiger charge is -2.08. The molecule has 21 heavy (non-hydrogen) atoms. The van der Waals surface area contributed by atoms with E-state index in [4.69, 9.17) is 9.47 Å². The van der Waals surface area contributed by atoms with Gasteiger partial charge < -0.3 is 14.8 Å². The molecule has 0 atom stereocenters. The summed E-state index contributed by atoms with van der Waals surface area (Å²) in [4.78, 5) is 12.2. The fourth-order valence-corrected chi connectivity index (χ4v) is 2.35. The molecule has 0 aliphatic heterocycles. The van der Waals surface area contributed by atoms with Gasteiger partial charge in [0.1, 0.15) is 11.5 Å². The molecule has 4 nitrogen and oxygen atoms in total. The van der Waals surface area contributed by atoms with Crippen molar-refractivity contribution >= 4 is 27.5 Å². The van der Waals surface area contributed by atoms with Crippen LogP contribution in [0, 0.1) is 0 Å². The maximum atomic E-state index is 12.2. The van der Waals surface area contributed by atoms with E-state index in [1.165, 1.54) is 0 Å². The zero-order valence-corrected chi connectivity index (χ0v) is 13.4. The molecule has 0 bridgehead atoms. The number of benzene rings is 2. The number of carbonyl (C=O) groups excluding carboxylic acids is 1. The van der Waals surface area contributed by atoms with Crippen molar-refractivity contribution in [2.75, 3.05) is 19.0 Å². The Morgan fingerprint density at radius 3 is 2.48 bits per heavy atom. The number of nitrogens with one attached hydrogen (secondary N) is 1. The first-order valence-corrected chi connectivity index (χ1v) is 7.31. The Morgan fingerprint density at radius 2 is 1.90 bits per heavy atom. The molecule has 0 saturated heterocycles. The van der Waals surface area contributed by atoms with E-state index < -0.39 is 0 Å². The molecule has 0 aromatic heterocycles. The summed E-state index contributed by atoms with van der Waals surface area (Å²) in [6.45, 7) is 2.54. The third-order valence-corrected chi connectivity index (χ3v) is 3.46. The van der Waals surface area contributed by atoms with E-state index in [-0.39, 0.29) is 5.91 Å². The highest BCUT2D eigenvalue weighted by molar-refractivity contribution is 9.10. The van der Waals surface area contributed by atoms with Gasteiger partial charge in [0.2, 0.25) is 0 Å². The molecule has 2 aromatic rings. The summed E-state index contributed by atoms with van der Waals surface area (Å²) in [5.41, 5.74) is 1.27. The van der Waals surface area contributed by atoms with Crippen molar-refractivity contribution < 1.29 is 14.3 Å². The third-order valence-electron chi connectivity index (χ3n) is 2.84. The van der Waals surface area contributed by atoms with Gasteiger partial charge in [-0.2, -0.15) is 0 Å². The molecule has 0 aliphatic carbocycles. The Hall–Kier alpha value is -2.01. The Morgan fingerprint density at radius 1 is 1.19 bits per heavy atom. The number of hydrogen-bond acceptors (Lipinski definition) is 3. The highest BCUT2D eigenvalue weighted by Crippen LogP contribution is 2.26. The minimum atomic E-state index is -0.178. The molecule has 1 amide bonds. The Labute approximate surface area is 132 Å². The first-order chi connectivity index (χ1) is 10.1. The molecule has 5 heteroatoms. The van der Waals surface area contributed by atoms with Crippen molar-refractivity contribution in [3.63, 3.8) is 0 Å². The van der Waals surface area contributed by atoms with Gasteiger partial charge in [0.15, 0.2) is 0 Å². The normalized spacial score (nSPS) is 10.0. The van der Waals surface area contributed by atoms with Crippen LogP contribution in [0.3, 0.4) is 0 Å². The molecule has 0 fully saturated rings. The van der Waals surface area contributed by atoms with Crippen LogP contribution in [0.25, 0.3) is 0 Å². The van der Waals surface area contributed by atoms with Crippen molar-refractivity contribution in [1.29, 1.82) is 0 Å². The molecule has 0 aliphatic rings. The Kier molecular flexibility index (Phi) is 5.22. The molecular formula is C16H16BrNO3. The van der Waals surface area contributed by atoms with E-state index in [9.17, 15) is 4.79 Å². The second-order valence-corrected chi connectivity index (χ2v) is 5.12. The van der Waals surface area contributed by atoms with Gasteiger partial charge >= 0.3 is 0 Å². The quantitative estimate of drug-likeness (QED) is 0.883. The number of ether oxygens (including phenoxy) is 2. The lowest BCUT2D eigenvalue weighted by molar-refractivity contribution is 0.102. The molecule has 0 spiro atoms. The average molecular weight is 350 g/mol. The number of hydrogen-bond donors (Lipinski definition) is 1. The van der Waals surface area contributed by atoms with Gasteiger partial charge in [-0.25, -0.2) is 0 Å². The molecule has 2 rings (SSSR count). The summed E-state index contributed by atoms with van der Waals surface area (Å²) >= 11 is 3.37. The van der Waals surface area contributed by atoms with E-state index in [1.54, 1.807) is 25.3 Å². The van der Waals surface area contributed by atoms with Crippen LogP contribution in [0.1, 0.15) is 17.3 Å². The number of rotatable bonds is 5. The second kappa shape index (κ2) is 7.13. The Bertz CT molecular complexity index is 626. The number of halogens is 1. The minimum absolute atomic E-state index is 0.178. The predicted octanol–water partition coefficient (Wildman–Crippen LogP) is 4.11. The summed E-state index contributed by atoms with van der Waals surface area (Å²) in [5.74, 6) is 1.29. The maximum Gasteiger partial charge on any atom is 0.255 e. The van der Waals surface area contributed by atoms with Crippen molar-refractivity contribution in [2.24, 2.45) is 0 Å². The van der Waals surface area contributed by atoms with Crippen LogP contribution in [0.5, 0.6) is 11.5 Å². The molecule has 0 heterocycles. The number of amides is 1. The van der Waals surface area contributed by atoms with E-state index in [0.717, 1.165) is 15.9 Å². The first kappa shape index (κ1) is 15.4. The zero-order valence-electron chi connectivity index (χ0n) is 11.9. The molecule has 0 saturated carbocycles. The van der Waals surface area contributed by atoms with Gasteiger partial charge in [0.05, 0.1) is 18.2 Å². The smallest absolute Gasteiger partial charge is 0.255 e. The summed E-state index contributed by atoms with van der Waals surface area (Å²) in [5, 5.41) is 2.84. The zero-order chi connectivity index (χ0) is 15.2. The van der Waals surface area contributed by atoms with Crippen molar-refractivity contribution in [3.05, 3.63) is 52.5 Å². The van der Waals surface area contributed by atoms with E-state index >= 15 is 0 Å². The number of methoxy groups -OCH3 is 1. The van der Waals surface area contributed by atoms with Crippen LogP contribution in [0.15, 0.2) is 46.9 Å². The van der Waals surface area contributed by atoms with E-state index in [2.05, 4.69) is 21.2 Å². The van der Waals surface area contributed by atoms with Gasteiger partial charge in [0, 0.05) is 11.3 Å². The highest BCUT2D eigenvalue weighted by Gasteiger charge is 2.09. The fourth-order valence-electron chi connectivity index (χ4n) is 1.81. The van der Waals surface area contributed by atoms with Crippen LogP contribution in [-0.2, 0) is 0 Å². The van der Waals surface area contributed by atoms with Crippen LogP contribution in [-0.4, -0.2) is 19.6 Å². The van der Waals surface area contributed by atoms with Gasteiger partial charge in [-0.1, -0.05) is 0 Å². The van der Waals surface area contributed by atoms with Crippen LogP contribution < -0.4 is 14.8 Å². The van der Waals surface area contributed by atoms with Crippen LogP contribution >= 0.6 is 15.9 Å². The van der Waals surface area contributed by atoms with Gasteiger partial charge in [-0.15, -0.1) is 0 Å². The average Bonchev–Trinajstić information content (AvgIpc) is 2.49. The largest absolute Gasteiger partial charge is 0.496 e. The summed E-state index contributed by atoms with van der Waals surface area (Å²) in [6, 6.07) is 12.4. The minimum Gasteiger partial charge on any atom is -0.496 e. The van der Waals surface area contributed by atoms with Gasteiger partial charge in [-0.05, 0) is 65.3 Å². The van der Waals surface area contributed by atoms with Crippen molar-refractivity contribution in [1.82, 2.24) is 0 Å². The molecule has 0 radical (unpaired) electrons. The summed E-state index contributed by atoms with van der Waals surface area (Å²) in [6.07, 6.45) is 0. The number of anilines is 1. The third kappa shape index (κ3) is 3.98. The Balaban J connectivity index is 2.08. The summed E-state index contributed by atoms with van der Waals surface area (Å²) in [7, 11) is 1.58. The van der Waals surface area contributed by atoms with Crippen LogP contribution in [0.4, 0.5) is 5.69 Å². The molecular weight excluding hydrogens is 334 g/mol. The standard InChI is InChI=1S/C16H16BrNO3/c1-3-21-13-7-5-12(6-8-13)18-16(19)11-4-9-15(20-2)14(17)10-11/h4-10H,3H2,1-2H3,(H,18,19). The molecule has 110 valence electrons. The lowest BCUT2D eigenvalue weighted by Crippen LogP contribution is -2.11. The maximum absolute atomic E-state index is 12.2. The monoisotopic (exact) mass is 349 g/mol. The first-order valence-electron chi connectivity index (χ1n) is 6.51. The van der Waals surface area contributed by atoms with Gasteiger partial charge in [0.25, 0.3) is 5.91 Å². The highest BCUT2D eigenvalue weighted by atomic mass is 79.9. The molecule has 2 aromatic carbocycles. The van der Waals surface area contributed by atoms with Crippen molar-refractivity contribution in [2.45, 2.75) is 6.92 Å². The van der Waals surface area contributed by atoms with E-state index in [0.29, 0.717) is 17.9 Å². The fraction of sp³-hybridized carbons (Fsp3) is 0.188. The predicted molar refractivity (Wildman–Crippen MR) is 86.3 cm³/mol.